The molecule has 0 radical (unpaired) electrons. The molecule has 1 amide bonds. The number of anilines is 1. The van der Waals surface area contributed by atoms with Gasteiger partial charge in [0.15, 0.2) is 0 Å². The highest BCUT2D eigenvalue weighted by atomic mass is 16.1. The van der Waals surface area contributed by atoms with E-state index in [1.165, 1.54) is 12.0 Å². The van der Waals surface area contributed by atoms with E-state index in [1.807, 2.05) is 30.7 Å². The smallest absolute Gasteiger partial charge is 0.227 e. The third-order valence-corrected chi connectivity index (χ3v) is 4.29. The lowest BCUT2D eigenvalue weighted by molar-refractivity contribution is -0.122. The second kappa shape index (κ2) is 5.35. The van der Waals surface area contributed by atoms with E-state index in [9.17, 15) is 4.79 Å². The maximum absolute atomic E-state index is 12.1. The van der Waals surface area contributed by atoms with Gasteiger partial charge in [-0.1, -0.05) is 24.1 Å². The molecule has 0 bridgehead atoms. The van der Waals surface area contributed by atoms with Crippen LogP contribution in [0.4, 0.5) is 5.69 Å². The average molecular weight is 283 g/mol. The Morgan fingerprint density at radius 2 is 1.86 bits per heavy atom. The topological polar surface area (TPSA) is 46.9 Å². The first kappa shape index (κ1) is 13.9. The Balaban J connectivity index is 1.88. The Morgan fingerprint density at radius 3 is 2.43 bits per heavy atom. The summed E-state index contributed by atoms with van der Waals surface area (Å²) in [5, 5.41) is 7.63. The highest BCUT2D eigenvalue weighted by molar-refractivity contribution is 5.94. The Hall–Kier alpha value is -2.10. The van der Waals surface area contributed by atoms with Crippen molar-refractivity contribution in [3.8, 4) is 5.69 Å². The fourth-order valence-electron chi connectivity index (χ4n) is 2.66. The number of hydrogen-bond acceptors (Lipinski definition) is 2. The minimum absolute atomic E-state index is 0.135. The van der Waals surface area contributed by atoms with E-state index in [-0.39, 0.29) is 11.8 Å². The second-order valence-corrected chi connectivity index (χ2v) is 5.91. The number of rotatable bonds is 3. The molecule has 0 atom stereocenters. The van der Waals surface area contributed by atoms with Crippen LogP contribution in [0, 0.1) is 26.7 Å². The standard InChI is InChI=1S/C17H21N3O/c1-11-7-9-15(10-8-11)20-13(3)16(12(2)19-20)18-17(21)14-5-4-6-14/h7-10,14H,4-6H2,1-3H3,(H,18,21). The number of amides is 1. The van der Waals surface area contributed by atoms with Crippen LogP contribution in [0.2, 0.25) is 0 Å². The summed E-state index contributed by atoms with van der Waals surface area (Å²) in [6.07, 6.45) is 3.19. The largest absolute Gasteiger partial charge is 0.323 e. The lowest BCUT2D eigenvalue weighted by Gasteiger charge is -2.24. The van der Waals surface area contributed by atoms with Crippen molar-refractivity contribution in [1.29, 1.82) is 0 Å². The van der Waals surface area contributed by atoms with Crippen molar-refractivity contribution in [2.75, 3.05) is 5.32 Å². The van der Waals surface area contributed by atoms with Crippen LogP contribution in [-0.2, 0) is 4.79 Å². The van der Waals surface area contributed by atoms with Crippen molar-refractivity contribution >= 4 is 11.6 Å². The Bertz CT molecular complexity index is 666. The number of hydrogen-bond donors (Lipinski definition) is 1. The molecule has 1 aliphatic rings. The molecular weight excluding hydrogens is 262 g/mol. The molecule has 1 aromatic carbocycles. The third kappa shape index (κ3) is 2.58. The number of nitrogens with one attached hydrogen (secondary N) is 1. The van der Waals surface area contributed by atoms with E-state index in [0.29, 0.717) is 0 Å². The van der Waals surface area contributed by atoms with E-state index < -0.39 is 0 Å². The van der Waals surface area contributed by atoms with E-state index in [2.05, 4.69) is 29.5 Å². The summed E-state index contributed by atoms with van der Waals surface area (Å²) in [4.78, 5) is 12.1. The quantitative estimate of drug-likeness (QED) is 0.936. The Morgan fingerprint density at radius 1 is 1.19 bits per heavy atom. The molecule has 0 unspecified atom stereocenters. The Labute approximate surface area is 125 Å². The van der Waals surface area contributed by atoms with Crippen LogP contribution in [0.15, 0.2) is 24.3 Å². The summed E-state index contributed by atoms with van der Waals surface area (Å²) in [5.74, 6) is 0.322. The van der Waals surface area contributed by atoms with Gasteiger partial charge in [0.25, 0.3) is 0 Å². The predicted octanol–water partition coefficient (Wildman–Crippen LogP) is 3.54. The molecule has 4 heteroatoms. The van der Waals surface area contributed by atoms with Crippen molar-refractivity contribution in [1.82, 2.24) is 9.78 Å². The number of aromatic nitrogens is 2. The van der Waals surface area contributed by atoms with Crippen LogP contribution in [0.25, 0.3) is 5.69 Å². The van der Waals surface area contributed by atoms with Gasteiger partial charge in [-0.25, -0.2) is 4.68 Å². The van der Waals surface area contributed by atoms with Crippen LogP contribution in [0.5, 0.6) is 0 Å². The molecule has 1 aliphatic carbocycles. The highest BCUT2D eigenvalue weighted by Gasteiger charge is 2.26. The Kier molecular flexibility index (Phi) is 3.53. The molecule has 1 saturated carbocycles. The van der Waals surface area contributed by atoms with Crippen molar-refractivity contribution in [2.24, 2.45) is 5.92 Å². The summed E-state index contributed by atoms with van der Waals surface area (Å²) >= 11 is 0. The van der Waals surface area contributed by atoms with Crippen molar-refractivity contribution in [3.05, 3.63) is 41.2 Å². The van der Waals surface area contributed by atoms with Crippen LogP contribution in [-0.4, -0.2) is 15.7 Å². The van der Waals surface area contributed by atoms with Gasteiger partial charge in [-0.05, 0) is 45.7 Å². The molecule has 3 rings (SSSR count). The van der Waals surface area contributed by atoms with Crippen molar-refractivity contribution in [3.63, 3.8) is 0 Å². The summed E-state index contributed by atoms with van der Waals surface area (Å²) in [7, 11) is 0. The SMILES string of the molecule is Cc1ccc(-n2nc(C)c(NC(=O)C3CCC3)c2C)cc1. The first-order valence-corrected chi connectivity index (χ1v) is 7.50. The summed E-state index contributed by atoms with van der Waals surface area (Å²) in [6, 6.07) is 8.23. The number of carbonyl (C=O) groups is 1. The van der Waals surface area contributed by atoms with Crippen LogP contribution < -0.4 is 5.32 Å². The predicted molar refractivity (Wildman–Crippen MR) is 83.7 cm³/mol. The molecule has 4 nitrogen and oxygen atoms in total. The lowest BCUT2D eigenvalue weighted by Crippen LogP contribution is -2.28. The number of aryl methyl sites for hydroxylation is 2. The van der Waals surface area contributed by atoms with Crippen LogP contribution >= 0.6 is 0 Å². The minimum Gasteiger partial charge on any atom is -0.323 e. The summed E-state index contributed by atoms with van der Waals surface area (Å²) < 4.78 is 1.89. The van der Waals surface area contributed by atoms with Gasteiger partial charge in [-0.15, -0.1) is 0 Å². The van der Waals surface area contributed by atoms with Gasteiger partial charge in [0.05, 0.1) is 22.8 Å². The molecule has 2 aromatic rings. The lowest BCUT2D eigenvalue weighted by atomic mass is 9.85. The molecule has 1 fully saturated rings. The first-order chi connectivity index (χ1) is 10.1. The van der Waals surface area contributed by atoms with Gasteiger partial charge >= 0.3 is 0 Å². The zero-order chi connectivity index (χ0) is 15.0. The van der Waals surface area contributed by atoms with Crippen molar-refractivity contribution in [2.45, 2.75) is 40.0 Å². The molecular formula is C17H21N3O. The van der Waals surface area contributed by atoms with Gasteiger partial charge in [-0.2, -0.15) is 5.10 Å². The average Bonchev–Trinajstić information content (AvgIpc) is 2.66. The van der Waals surface area contributed by atoms with Crippen molar-refractivity contribution < 1.29 is 4.79 Å². The van der Waals surface area contributed by atoms with Gasteiger partial charge < -0.3 is 5.32 Å². The molecule has 110 valence electrons. The monoisotopic (exact) mass is 283 g/mol. The van der Waals surface area contributed by atoms with Crippen LogP contribution in [0.3, 0.4) is 0 Å². The fraction of sp³-hybridized carbons (Fsp3) is 0.412. The molecule has 1 aromatic heterocycles. The van der Waals surface area contributed by atoms with E-state index >= 15 is 0 Å². The summed E-state index contributed by atoms with van der Waals surface area (Å²) in [6.45, 7) is 6.00. The number of nitrogens with zero attached hydrogens (tertiary/aromatic N) is 2. The molecule has 0 saturated heterocycles. The first-order valence-electron chi connectivity index (χ1n) is 7.50. The van der Waals surface area contributed by atoms with Gasteiger partial charge in [-0.3, -0.25) is 4.79 Å². The zero-order valence-corrected chi connectivity index (χ0v) is 12.8. The molecule has 0 spiro atoms. The normalized spacial score (nSPS) is 14.8. The maximum atomic E-state index is 12.1. The van der Waals surface area contributed by atoms with E-state index in [1.54, 1.807) is 0 Å². The summed E-state index contributed by atoms with van der Waals surface area (Å²) in [5.41, 5.74) is 4.93. The molecule has 0 aliphatic heterocycles. The highest BCUT2D eigenvalue weighted by Crippen LogP contribution is 2.29. The van der Waals surface area contributed by atoms with E-state index in [0.717, 1.165) is 35.6 Å². The maximum Gasteiger partial charge on any atom is 0.227 e. The van der Waals surface area contributed by atoms with Gasteiger partial charge in [0.1, 0.15) is 0 Å². The third-order valence-electron chi connectivity index (χ3n) is 4.29. The second-order valence-electron chi connectivity index (χ2n) is 5.91. The number of benzene rings is 1. The van der Waals surface area contributed by atoms with Gasteiger partial charge in [0, 0.05) is 5.92 Å². The van der Waals surface area contributed by atoms with Gasteiger partial charge in [0.2, 0.25) is 5.91 Å². The fourth-order valence-corrected chi connectivity index (χ4v) is 2.66. The van der Waals surface area contributed by atoms with Crippen LogP contribution in [0.1, 0.15) is 36.2 Å². The van der Waals surface area contributed by atoms with E-state index in [4.69, 9.17) is 0 Å². The number of carbonyl (C=O) groups excluding carboxylic acids is 1. The minimum atomic E-state index is 0.135. The zero-order valence-electron chi connectivity index (χ0n) is 12.8. The molecule has 1 heterocycles. The molecule has 21 heavy (non-hydrogen) atoms. The molecule has 1 N–H and O–H groups in total.